The van der Waals surface area contributed by atoms with Gasteiger partial charge in [-0.1, -0.05) is 35.6 Å². The van der Waals surface area contributed by atoms with E-state index in [2.05, 4.69) is 39.2 Å². The van der Waals surface area contributed by atoms with Gasteiger partial charge < -0.3 is 4.90 Å². The maximum absolute atomic E-state index is 4.63. The van der Waals surface area contributed by atoms with Crippen LogP contribution in [0.4, 0.5) is 5.13 Å². The molecule has 0 unspecified atom stereocenters. The molecule has 0 saturated carbocycles. The van der Waals surface area contributed by atoms with E-state index in [1.807, 2.05) is 17.6 Å². The zero-order valence-electron chi connectivity index (χ0n) is 10.7. The van der Waals surface area contributed by atoms with Crippen molar-refractivity contribution in [2.45, 2.75) is 19.9 Å². The summed E-state index contributed by atoms with van der Waals surface area (Å²) >= 11 is 1.67. The summed E-state index contributed by atoms with van der Waals surface area (Å²) in [5.74, 6) is 0. The fraction of sp³-hybridized carbons (Fsp3) is 0.286. The molecule has 4 rings (SSSR count). The van der Waals surface area contributed by atoms with Gasteiger partial charge in [-0.05, 0) is 24.5 Å². The monoisotopic (exact) mass is 270 g/mol. The number of fused-ring (bicyclic) bond motifs is 2. The van der Waals surface area contributed by atoms with Crippen LogP contribution in [0.1, 0.15) is 16.8 Å². The Labute approximate surface area is 115 Å². The Bertz CT molecular complexity index is 711. The Morgan fingerprint density at radius 2 is 2.05 bits per heavy atom. The minimum absolute atomic E-state index is 0.950. The number of nitrogens with zero attached hydrogens (tertiary/aromatic N) is 4. The van der Waals surface area contributed by atoms with E-state index < -0.39 is 0 Å². The molecule has 3 aromatic rings. The molecule has 1 aliphatic rings. The second-order valence-corrected chi connectivity index (χ2v) is 5.87. The summed E-state index contributed by atoms with van der Waals surface area (Å²) < 4.78 is 1.88. The summed E-state index contributed by atoms with van der Waals surface area (Å²) in [4.78, 5) is 7.79. The zero-order chi connectivity index (χ0) is 12.8. The SMILES string of the molecule is Cc1cn2nc(N3CCc4ccccc4C3)sc2n1. The summed E-state index contributed by atoms with van der Waals surface area (Å²) in [6, 6.07) is 8.67. The first-order valence-corrected chi connectivity index (χ1v) is 7.26. The lowest BCUT2D eigenvalue weighted by atomic mass is 10.0. The lowest BCUT2D eigenvalue weighted by Gasteiger charge is -2.27. The van der Waals surface area contributed by atoms with Crippen LogP contribution in [0.2, 0.25) is 0 Å². The Morgan fingerprint density at radius 3 is 2.89 bits per heavy atom. The van der Waals surface area contributed by atoms with E-state index in [1.54, 1.807) is 11.3 Å². The van der Waals surface area contributed by atoms with Crippen LogP contribution in [0, 0.1) is 6.92 Å². The standard InChI is InChI=1S/C14H14N4S/c1-10-8-18-13(15-10)19-14(16-18)17-7-6-11-4-2-3-5-12(11)9-17/h2-5,8H,6-7,9H2,1H3. The number of anilines is 1. The largest absolute Gasteiger partial charge is 0.342 e. The molecule has 0 saturated heterocycles. The fourth-order valence-corrected chi connectivity index (χ4v) is 3.54. The Morgan fingerprint density at radius 1 is 1.21 bits per heavy atom. The topological polar surface area (TPSA) is 33.4 Å². The Hall–Kier alpha value is -1.88. The van der Waals surface area contributed by atoms with Crippen LogP contribution in [0.15, 0.2) is 30.5 Å². The van der Waals surface area contributed by atoms with Crippen molar-refractivity contribution in [1.82, 2.24) is 14.6 Å². The van der Waals surface area contributed by atoms with Gasteiger partial charge in [0.1, 0.15) is 0 Å². The van der Waals surface area contributed by atoms with Crippen LogP contribution in [-0.2, 0) is 13.0 Å². The molecule has 0 aliphatic carbocycles. The van der Waals surface area contributed by atoms with Crippen LogP contribution in [-0.4, -0.2) is 21.1 Å². The van der Waals surface area contributed by atoms with Crippen molar-refractivity contribution in [3.05, 3.63) is 47.3 Å². The minimum Gasteiger partial charge on any atom is -0.342 e. The fourth-order valence-electron chi connectivity index (χ4n) is 2.59. The summed E-state index contributed by atoms with van der Waals surface area (Å²) in [5.41, 5.74) is 3.91. The van der Waals surface area contributed by atoms with Crippen molar-refractivity contribution in [1.29, 1.82) is 0 Å². The molecular weight excluding hydrogens is 256 g/mol. The number of hydrogen-bond acceptors (Lipinski definition) is 4. The highest BCUT2D eigenvalue weighted by atomic mass is 32.1. The molecule has 0 fully saturated rings. The van der Waals surface area contributed by atoms with Crippen molar-refractivity contribution < 1.29 is 0 Å². The molecule has 19 heavy (non-hydrogen) atoms. The van der Waals surface area contributed by atoms with Gasteiger partial charge in [-0.25, -0.2) is 9.50 Å². The molecule has 0 atom stereocenters. The average Bonchev–Trinajstić information content (AvgIpc) is 2.95. The van der Waals surface area contributed by atoms with Gasteiger partial charge in [0, 0.05) is 13.1 Å². The molecule has 1 aliphatic heterocycles. The van der Waals surface area contributed by atoms with Gasteiger partial charge in [0.05, 0.1) is 11.9 Å². The molecule has 2 aromatic heterocycles. The molecule has 0 radical (unpaired) electrons. The van der Waals surface area contributed by atoms with Crippen LogP contribution < -0.4 is 4.90 Å². The van der Waals surface area contributed by atoms with Crippen LogP contribution in [0.25, 0.3) is 4.96 Å². The summed E-state index contributed by atoms with van der Waals surface area (Å²) in [6.07, 6.45) is 3.07. The van der Waals surface area contributed by atoms with Gasteiger partial charge in [0.2, 0.25) is 10.1 Å². The van der Waals surface area contributed by atoms with Crippen LogP contribution >= 0.6 is 11.3 Å². The molecule has 1 aromatic carbocycles. The van der Waals surface area contributed by atoms with Crippen molar-refractivity contribution in [3.8, 4) is 0 Å². The van der Waals surface area contributed by atoms with Gasteiger partial charge in [-0.3, -0.25) is 0 Å². The van der Waals surface area contributed by atoms with Gasteiger partial charge in [-0.15, -0.1) is 5.10 Å². The first-order chi connectivity index (χ1) is 9.29. The average molecular weight is 270 g/mol. The van der Waals surface area contributed by atoms with Crippen molar-refractivity contribution in [2.24, 2.45) is 0 Å². The number of imidazole rings is 1. The molecule has 96 valence electrons. The van der Waals surface area contributed by atoms with E-state index in [4.69, 9.17) is 0 Å². The lowest BCUT2D eigenvalue weighted by Crippen LogP contribution is -2.30. The smallest absolute Gasteiger partial charge is 0.214 e. The Kier molecular flexibility index (Phi) is 2.35. The van der Waals surface area contributed by atoms with Gasteiger partial charge >= 0.3 is 0 Å². The second-order valence-electron chi connectivity index (χ2n) is 4.93. The summed E-state index contributed by atoms with van der Waals surface area (Å²) in [5, 5.41) is 5.70. The van der Waals surface area contributed by atoms with Gasteiger partial charge in [0.25, 0.3) is 0 Å². The van der Waals surface area contributed by atoms with Crippen LogP contribution in [0.5, 0.6) is 0 Å². The highest BCUT2D eigenvalue weighted by Crippen LogP contribution is 2.28. The predicted molar refractivity (Wildman–Crippen MR) is 76.8 cm³/mol. The predicted octanol–water partition coefficient (Wildman–Crippen LogP) is 2.66. The molecule has 0 amide bonds. The van der Waals surface area contributed by atoms with E-state index in [1.165, 1.54) is 11.1 Å². The first kappa shape index (κ1) is 11.0. The van der Waals surface area contributed by atoms with Crippen molar-refractivity contribution in [2.75, 3.05) is 11.4 Å². The zero-order valence-corrected chi connectivity index (χ0v) is 11.5. The normalized spacial score (nSPS) is 14.9. The second kappa shape index (κ2) is 4.06. The third-order valence-corrected chi connectivity index (χ3v) is 4.54. The third-order valence-electron chi connectivity index (χ3n) is 3.55. The first-order valence-electron chi connectivity index (χ1n) is 6.44. The maximum Gasteiger partial charge on any atom is 0.214 e. The van der Waals surface area contributed by atoms with E-state index >= 15 is 0 Å². The molecule has 0 bridgehead atoms. The number of aryl methyl sites for hydroxylation is 1. The lowest BCUT2D eigenvalue weighted by molar-refractivity contribution is 0.719. The highest BCUT2D eigenvalue weighted by molar-refractivity contribution is 7.20. The van der Waals surface area contributed by atoms with E-state index in [0.29, 0.717) is 0 Å². The number of benzene rings is 1. The maximum atomic E-state index is 4.63. The highest BCUT2D eigenvalue weighted by Gasteiger charge is 2.19. The van der Waals surface area contributed by atoms with Crippen LogP contribution in [0.3, 0.4) is 0 Å². The quantitative estimate of drug-likeness (QED) is 0.681. The summed E-state index contributed by atoms with van der Waals surface area (Å²) in [6.45, 7) is 3.98. The number of rotatable bonds is 1. The Balaban J connectivity index is 1.68. The molecule has 4 nitrogen and oxygen atoms in total. The van der Waals surface area contributed by atoms with E-state index in [0.717, 1.165) is 35.3 Å². The summed E-state index contributed by atoms with van der Waals surface area (Å²) in [7, 11) is 0. The van der Waals surface area contributed by atoms with Crippen molar-refractivity contribution >= 4 is 21.4 Å². The van der Waals surface area contributed by atoms with E-state index in [-0.39, 0.29) is 0 Å². The number of hydrogen-bond donors (Lipinski definition) is 0. The van der Waals surface area contributed by atoms with Gasteiger partial charge in [0.15, 0.2) is 0 Å². The molecular formula is C14H14N4S. The van der Waals surface area contributed by atoms with Crippen molar-refractivity contribution in [3.63, 3.8) is 0 Å². The third kappa shape index (κ3) is 1.81. The molecule has 5 heteroatoms. The molecule has 0 spiro atoms. The molecule has 0 N–H and O–H groups in total. The number of aromatic nitrogens is 3. The van der Waals surface area contributed by atoms with Gasteiger partial charge in [-0.2, -0.15) is 0 Å². The minimum atomic E-state index is 0.950. The van der Waals surface area contributed by atoms with E-state index in [9.17, 15) is 0 Å². The molecule has 3 heterocycles.